The molecule has 0 bridgehead atoms. The van der Waals surface area contributed by atoms with Crippen molar-refractivity contribution in [3.05, 3.63) is 24.0 Å². The summed E-state index contributed by atoms with van der Waals surface area (Å²) in [6.07, 6.45) is 1.57. The van der Waals surface area contributed by atoms with Gasteiger partial charge in [0, 0.05) is 0 Å². The standard InChI is InChI=1S/C8H6N4/c9-3-5-1-7-8(2-6(5)10)12-4-11-7/h1-2,4H,10H2,(H,11,12). The molecule has 0 fully saturated rings. The zero-order chi connectivity index (χ0) is 8.55. The summed E-state index contributed by atoms with van der Waals surface area (Å²) in [6, 6.07) is 5.38. The number of nitrogen functional groups attached to an aromatic ring is 1. The number of imidazole rings is 1. The van der Waals surface area contributed by atoms with Crippen LogP contribution in [-0.4, -0.2) is 9.97 Å². The Balaban J connectivity index is 2.84. The number of benzene rings is 1. The molecule has 2 rings (SSSR count). The fourth-order valence-electron chi connectivity index (χ4n) is 1.10. The number of H-pyrrole nitrogens is 1. The van der Waals surface area contributed by atoms with Gasteiger partial charge < -0.3 is 10.7 Å². The van der Waals surface area contributed by atoms with Crippen LogP contribution in [0.15, 0.2) is 18.5 Å². The number of aromatic amines is 1. The Morgan fingerprint density at radius 3 is 3.08 bits per heavy atom. The monoisotopic (exact) mass is 158 g/mol. The minimum absolute atomic E-state index is 0.470. The smallest absolute Gasteiger partial charge is 0.101 e. The number of aromatic nitrogens is 2. The second-order valence-electron chi connectivity index (χ2n) is 2.47. The first-order chi connectivity index (χ1) is 5.81. The molecule has 4 heteroatoms. The largest absolute Gasteiger partial charge is 0.398 e. The number of rotatable bonds is 0. The Kier molecular flexibility index (Phi) is 1.25. The first kappa shape index (κ1) is 6.68. The molecule has 4 nitrogen and oxygen atoms in total. The van der Waals surface area contributed by atoms with E-state index in [1.807, 2.05) is 6.07 Å². The maximum atomic E-state index is 8.65. The first-order valence-electron chi connectivity index (χ1n) is 3.44. The molecule has 1 aromatic heterocycles. The number of hydrogen-bond acceptors (Lipinski definition) is 3. The molecule has 0 radical (unpaired) electrons. The van der Waals surface area contributed by atoms with Crippen LogP contribution in [-0.2, 0) is 0 Å². The van der Waals surface area contributed by atoms with Gasteiger partial charge in [-0.15, -0.1) is 0 Å². The van der Waals surface area contributed by atoms with E-state index in [-0.39, 0.29) is 0 Å². The maximum absolute atomic E-state index is 8.65. The van der Waals surface area contributed by atoms with E-state index in [4.69, 9.17) is 11.0 Å². The third kappa shape index (κ3) is 0.805. The van der Waals surface area contributed by atoms with Crippen LogP contribution in [0.2, 0.25) is 0 Å². The van der Waals surface area contributed by atoms with Crippen molar-refractivity contribution in [2.75, 3.05) is 5.73 Å². The summed E-state index contributed by atoms with van der Waals surface area (Å²) in [7, 11) is 0. The van der Waals surface area contributed by atoms with E-state index in [9.17, 15) is 0 Å². The number of nitrogens with one attached hydrogen (secondary N) is 1. The van der Waals surface area contributed by atoms with Crippen molar-refractivity contribution in [2.45, 2.75) is 0 Å². The van der Waals surface area contributed by atoms with E-state index in [1.54, 1.807) is 18.5 Å². The van der Waals surface area contributed by atoms with Crippen LogP contribution < -0.4 is 5.73 Å². The minimum Gasteiger partial charge on any atom is -0.398 e. The van der Waals surface area contributed by atoms with E-state index >= 15 is 0 Å². The molecule has 12 heavy (non-hydrogen) atoms. The molecular weight excluding hydrogens is 152 g/mol. The Labute approximate surface area is 68.6 Å². The molecule has 0 unspecified atom stereocenters. The molecule has 0 aliphatic carbocycles. The average molecular weight is 158 g/mol. The molecule has 0 saturated carbocycles. The molecule has 58 valence electrons. The van der Waals surface area contributed by atoms with E-state index in [2.05, 4.69) is 9.97 Å². The second-order valence-corrected chi connectivity index (χ2v) is 2.47. The van der Waals surface area contributed by atoms with E-state index in [1.165, 1.54) is 0 Å². The highest BCUT2D eigenvalue weighted by molar-refractivity contribution is 5.81. The van der Waals surface area contributed by atoms with Gasteiger partial charge in [0.15, 0.2) is 0 Å². The van der Waals surface area contributed by atoms with Gasteiger partial charge in [0.05, 0.1) is 28.6 Å². The molecule has 1 heterocycles. The number of fused-ring (bicyclic) bond motifs is 1. The van der Waals surface area contributed by atoms with Crippen molar-refractivity contribution >= 4 is 16.7 Å². The van der Waals surface area contributed by atoms with Crippen LogP contribution in [0, 0.1) is 11.3 Å². The average Bonchev–Trinajstić information content (AvgIpc) is 2.49. The van der Waals surface area contributed by atoms with Crippen LogP contribution in [0.25, 0.3) is 11.0 Å². The quantitative estimate of drug-likeness (QED) is 0.562. The van der Waals surface area contributed by atoms with Gasteiger partial charge >= 0.3 is 0 Å². The van der Waals surface area contributed by atoms with Crippen molar-refractivity contribution in [3.63, 3.8) is 0 Å². The molecule has 3 N–H and O–H groups in total. The van der Waals surface area contributed by atoms with Gasteiger partial charge in [-0.3, -0.25) is 0 Å². The molecule has 0 spiro atoms. The molecule has 1 aromatic carbocycles. The van der Waals surface area contributed by atoms with Gasteiger partial charge in [0.1, 0.15) is 6.07 Å². The van der Waals surface area contributed by atoms with Crippen LogP contribution in [0.5, 0.6) is 0 Å². The molecular formula is C8H6N4. The molecule has 0 atom stereocenters. The van der Waals surface area contributed by atoms with E-state index < -0.39 is 0 Å². The topological polar surface area (TPSA) is 78.5 Å². The summed E-state index contributed by atoms with van der Waals surface area (Å²) in [6.45, 7) is 0. The lowest BCUT2D eigenvalue weighted by Gasteiger charge is -1.95. The molecule has 0 amide bonds. The van der Waals surface area contributed by atoms with Crippen LogP contribution in [0.1, 0.15) is 5.56 Å². The number of anilines is 1. The molecule has 0 aliphatic rings. The Morgan fingerprint density at radius 2 is 2.33 bits per heavy atom. The van der Waals surface area contributed by atoms with Gasteiger partial charge in [-0.25, -0.2) is 4.98 Å². The number of hydrogen-bond donors (Lipinski definition) is 2. The third-order valence-corrected chi connectivity index (χ3v) is 1.71. The summed E-state index contributed by atoms with van der Waals surface area (Å²) in [4.78, 5) is 6.91. The SMILES string of the molecule is N#Cc1cc2[nH]cnc2cc1N. The lowest BCUT2D eigenvalue weighted by Crippen LogP contribution is -1.89. The summed E-state index contributed by atoms with van der Waals surface area (Å²) < 4.78 is 0. The predicted octanol–water partition coefficient (Wildman–Crippen LogP) is 1.02. The summed E-state index contributed by atoms with van der Waals surface area (Å²) in [5, 5.41) is 8.65. The third-order valence-electron chi connectivity index (χ3n) is 1.71. The van der Waals surface area contributed by atoms with Crippen molar-refractivity contribution in [1.29, 1.82) is 5.26 Å². The number of nitrogens with zero attached hydrogens (tertiary/aromatic N) is 2. The summed E-state index contributed by atoms with van der Waals surface area (Å²) in [5.41, 5.74) is 8.15. The van der Waals surface area contributed by atoms with E-state index in [0.29, 0.717) is 11.3 Å². The molecule has 2 aromatic rings. The lowest BCUT2D eigenvalue weighted by molar-refractivity contribution is 1.34. The van der Waals surface area contributed by atoms with Gasteiger partial charge in [0.2, 0.25) is 0 Å². The van der Waals surface area contributed by atoms with Crippen molar-refractivity contribution in [1.82, 2.24) is 9.97 Å². The van der Waals surface area contributed by atoms with E-state index in [0.717, 1.165) is 11.0 Å². The molecule has 0 saturated heterocycles. The second kappa shape index (κ2) is 2.24. The zero-order valence-corrected chi connectivity index (χ0v) is 6.20. The van der Waals surface area contributed by atoms with Crippen LogP contribution >= 0.6 is 0 Å². The normalized spacial score (nSPS) is 9.92. The summed E-state index contributed by atoms with van der Waals surface area (Å²) >= 11 is 0. The maximum Gasteiger partial charge on any atom is 0.101 e. The highest BCUT2D eigenvalue weighted by atomic mass is 14.9. The minimum atomic E-state index is 0.470. The number of nitriles is 1. The zero-order valence-electron chi connectivity index (χ0n) is 6.20. The Bertz CT molecular complexity index is 463. The van der Waals surface area contributed by atoms with Crippen LogP contribution in [0.3, 0.4) is 0 Å². The first-order valence-corrected chi connectivity index (χ1v) is 3.44. The number of nitrogens with two attached hydrogens (primary N) is 1. The van der Waals surface area contributed by atoms with Crippen molar-refractivity contribution in [3.8, 4) is 6.07 Å². The lowest BCUT2D eigenvalue weighted by atomic mass is 10.2. The van der Waals surface area contributed by atoms with Crippen molar-refractivity contribution in [2.24, 2.45) is 0 Å². The summed E-state index contributed by atoms with van der Waals surface area (Å²) in [5.74, 6) is 0. The van der Waals surface area contributed by atoms with Gasteiger partial charge in [-0.1, -0.05) is 0 Å². The highest BCUT2D eigenvalue weighted by Crippen LogP contribution is 2.17. The predicted molar refractivity (Wildman–Crippen MR) is 45.2 cm³/mol. The van der Waals surface area contributed by atoms with Crippen LogP contribution in [0.4, 0.5) is 5.69 Å². The van der Waals surface area contributed by atoms with Crippen molar-refractivity contribution < 1.29 is 0 Å². The fraction of sp³-hybridized carbons (Fsp3) is 0. The fourth-order valence-corrected chi connectivity index (χ4v) is 1.10. The Morgan fingerprint density at radius 1 is 1.50 bits per heavy atom. The van der Waals surface area contributed by atoms with Gasteiger partial charge in [-0.2, -0.15) is 5.26 Å². The molecule has 0 aliphatic heterocycles. The van der Waals surface area contributed by atoms with Gasteiger partial charge in [-0.05, 0) is 12.1 Å². The Hall–Kier alpha value is -2.02. The van der Waals surface area contributed by atoms with Gasteiger partial charge in [0.25, 0.3) is 0 Å². The highest BCUT2D eigenvalue weighted by Gasteiger charge is 2.01.